The first-order valence-corrected chi connectivity index (χ1v) is 3.13. The molecule has 0 radical (unpaired) electrons. The van der Waals surface area contributed by atoms with E-state index in [1.54, 1.807) is 0 Å². The molecule has 0 aliphatic rings. The lowest BCUT2D eigenvalue weighted by Gasteiger charge is -2.07. The van der Waals surface area contributed by atoms with E-state index in [2.05, 4.69) is 5.23 Å². The number of carboxylic acid groups (broad SMARTS) is 1. The van der Waals surface area contributed by atoms with Crippen molar-refractivity contribution in [2.24, 2.45) is 0 Å². The van der Waals surface area contributed by atoms with E-state index >= 15 is 0 Å². The van der Waals surface area contributed by atoms with Gasteiger partial charge in [0.15, 0.2) is 0 Å². The summed E-state index contributed by atoms with van der Waals surface area (Å²) in [5, 5.41) is 19.2. The number of carbonyl (C=O) groups is 1. The molecule has 52 valence electrons. The minimum absolute atomic E-state index is 0.773. The summed E-state index contributed by atoms with van der Waals surface area (Å²) in [6.45, 7) is 1.46. The summed E-state index contributed by atoms with van der Waals surface area (Å²) in [6, 6.07) is 0. The van der Waals surface area contributed by atoms with Crippen LogP contribution in [-0.2, 0) is 4.79 Å². The Labute approximate surface area is 56.0 Å². The molecule has 0 fully saturated rings. The van der Waals surface area contributed by atoms with Crippen LogP contribution < -0.4 is 5.23 Å². The first-order chi connectivity index (χ1) is 4.04. The third-order valence-corrected chi connectivity index (χ3v) is 1.16. The molecule has 0 spiro atoms. The zero-order chi connectivity index (χ0) is 7.44. The molecule has 0 saturated carbocycles. The fourth-order valence-electron chi connectivity index (χ4n) is 0.331. The highest BCUT2D eigenvalue weighted by molar-refractivity contribution is 7.19. The number of rotatable bonds is 3. The third-order valence-electron chi connectivity index (χ3n) is 0.687. The highest BCUT2D eigenvalue weighted by Crippen LogP contribution is 1.93. The summed E-state index contributed by atoms with van der Waals surface area (Å²) in [7, 11) is 1.26. The van der Waals surface area contributed by atoms with Crippen LogP contribution in [-0.4, -0.2) is 28.9 Å². The zero-order valence-electron chi connectivity index (χ0n) is 5.03. The van der Waals surface area contributed by atoms with Crippen LogP contribution >= 0.6 is 9.24 Å². The van der Waals surface area contributed by atoms with Crippen molar-refractivity contribution in [2.45, 2.75) is 12.6 Å². The molecule has 3 N–H and O–H groups in total. The van der Waals surface area contributed by atoms with E-state index in [4.69, 9.17) is 10.1 Å². The fraction of sp³-hybridized carbons (Fsp3) is 0.667. The van der Waals surface area contributed by atoms with Gasteiger partial charge in [0.05, 0.1) is 0 Å². The summed E-state index contributed by atoms with van der Waals surface area (Å²) in [5.74, 6) is -1.77. The summed E-state index contributed by atoms with van der Waals surface area (Å²) in [5.41, 5.74) is 0. The molecule has 0 amide bonds. The number of hydrogen-bond acceptors (Lipinski definition) is 3. The van der Waals surface area contributed by atoms with Crippen molar-refractivity contribution in [3.05, 3.63) is 0 Å². The Morgan fingerprint density at radius 2 is 2.33 bits per heavy atom. The largest absolute Gasteiger partial charge is 0.480 e. The molecule has 2 unspecified atom stereocenters. The van der Waals surface area contributed by atoms with E-state index in [-0.39, 0.29) is 0 Å². The van der Waals surface area contributed by atoms with Crippen LogP contribution in [0, 0.1) is 0 Å². The van der Waals surface area contributed by atoms with E-state index < -0.39 is 18.8 Å². The summed E-state index contributed by atoms with van der Waals surface area (Å²) in [4.78, 5) is 10.0. The molecule has 2 atom stereocenters. The van der Waals surface area contributed by atoms with E-state index in [1.807, 2.05) is 9.24 Å². The van der Waals surface area contributed by atoms with Gasteiger partial charge in [-0.2, -0.15) is 0 Å². The maximum Gasteiger partial charge on any atom is 0.374 e. The Bertz CT molecular complexity index is 109. The molecule has 0 bridgehead atoms. The van der Waals surface area contributed by atoms with Gasteiger partial charge in [0.2, 0.25) is 0 Å². The number of carboxylic acids is 1. The fourth-order valence-corrected chi connectivity index (χ4v) is 0.610. The van der Waals surface area contributed by atoms with E-state index in [0.717, 1.165) is 0 Å². The average molecular weight is 149 g/mol. The molecule has 4 nitrogen and oxygen atoms in total. The molecular formula is C3H9BNO3P. The molecule has 0 rings (SSSR count). The first-order valence-electron chi connectivity index (χ1n) is 2.46. The smallest absolute Gasteiger partial charge is 0.374 e. The van der Waals surface area contributed by atoms with Gasteiger partial charge in [-0.25, -0.2) is 0 Å². The summed E-state index contributed by atoms with van der Waals surface area (Å²) < 4.78 is 0. The molecular weight excluding hydrogens is 140 g/mol. The van der Waals surface area contributed by atoms with Crippen molar-refractivity contribution in [1.29, 1.82) is 0 Å². The Hall–Kier alpha value is -0.115. The first kappa shape index (κ1) is 8.88. The zero-order valence-corrected chi connectivity index (χ0v) is 6.19. The average Bonchev–Trinajstić information content (AvgIpc) is 1.63. The minimum atomic E-state index is -0.999. The Morgan fingerprint density at radius 1 is 1.89 bits per heavy atom. The molecule has 0 saturated heterocycles. The molecule has 9 heavy (non-hydrogen) atoms. The third kappa shape index (κ3) is 4.39. The van der Waals surface area contributed by atoms with Crippen LogP contribution in [0.15, 0.2) is 0 Å². The highest BCUT2D eigenvalue weighted by atomic mass is 31.0. The van der Waals surface area contributed by atoms with Crippen molar-refractivity contribution in [1.82, 2.24) is 5.23 Å². The van der Waals surface area contributed by atoms with Gasteiger partial charge < -0.3 is 15.4 Å². The van der Waals surface area contributed by atoms with Gasteiger partial charge >= 0.3 is 13.0 Å². The predicted octanol–water partition coefficient (Wildman–Crippen LogP) is -1.03. The van der Waals surface area contributed by atoms with Crippen molar-refractivity contribution in [2.75, 3.05) is 0 Å². The monoisotopic (exact) mass is 149 g/mol. The van der Waals surface area contributed by atoms with Crippen LogP contribution in [0.4, 0.5) is 0 Å². The second-order valence-corrected chi connectivity index (χ2v) is 2.33. The van der Waals surface area contributed by atoms with Gasteiger partial charge in [-0.1, -0.05) is 0 Å². The maximum absolute atomic E-state index is 10.0. The number of hydrogen-bond donors (Lipinski definition) is 3. The van der Waals surface area contributed by atoms with Crippen molar-refractivity contribution in [3.8, 4) is 0 Å². The van der Waals surface area contributed by atoms with Gasteiger partial charge in [-0.3, -0.25) is 4.79 Å². The molecule has 6 heteroatoms. The molecule has 0 aliphatic heterocycles. The molecule has 0 heterocycles. The van der Waals surface area contributed by atoms with Crippen LogP contribution in [0.2, 0.25) is 6.82 Å². The predicted molar refractivity (Wildman–Crippen MR) is 38.1 cm³/mol. The highest BCUT2D eigenvalue weighted by Gasteiger charge is 2.13. The van der Waals surface area contributed by atoms with Crippen LogP contribution in [0.3, 0.4) is 0 Å². The van der Waals surface area contributed by atoms with Crippen LogP contribution in [0.1, 0.15) is 0 Å². The SMILES string of the molecule is CB(O)NC(P)C(=O)O. The number of nitrogens with one attached hydrogen (secondary N) is 1. The van der Waals surface area contributed by atoms with Crippen LogP contribution in [0.25, 0.3) is 0 Å². The lowest BCUT2D eigenvalue weighted by Crippen LogP contribution is -2.40. The second-order valence-electron chi connectivity index (χ2n) is 1.66. The summed E-state index contributed by atoms with van der Waals surface area (Å²) in [6.07, 6.45) is 0. The van der Waals surface area contributed by atoms with Crippen molar-refractivity contribution >= 4 is 22.3 Å². The van der Waals surface area contributed by atoms with E-state index in [0.29, 0.717) is 0 Å². The topological polar surface area (TPSA) is 69.6 Å². The Kier molecular flexibility index (Phi) is 3.78. The minimum Gasteiger partial charge on any atom is -0.480 e. The van der Waals surface area contributed by atoms with Gasteiger partial charge in [0.25, 0.3) is 0 Å². The quantitative estimate of drug-likeness (QED) is 0.354. The summed E-state index contributed by atoms with van der Waals surface area (Å²) >= 11 is 0. The molecule has 0 aromatic heterocycles. The standard InChI is InChI=1S/C3H9BNO3P/c1-4(8)5-2(9)3(6)7/h2,5,8H,9H2,1H3,(H,6,7). The van der Waals surface area contributed by atoms with Crippen molar-refractivity contribution in [3.63, 3.8) is 0 Å². The van der Waals surface area contributed by atoms with Crippen molar-refractivity contribution < 1.29 is 14.9 Å². The van der Waals surface area contributed by atoms with Gasteiger partial charge in [0.1, 0.15) is 5.78 Å². The number of aliphatic carboxylic acids is 1. The lowest BCUT2D eigenvalue weighted by molar-refractivity contribution is -0.136. The normalized spacial score (nSPS) is 12.8. The Morgan fingerprint density at radius 3 is 2.44 bits per heavy atom. The molecule has 0 aliphatic carbocycles. The molecule has 0 aromatic carbocycles. The second kappa shape index (κ2) is 3.83. The maximum atomic E-state index is 10.0. The Balaban J connectivity index is 3.50. The van der Waals surface area contributed by atoms with E-state index in [1.165, 1.54) is 6.82 Å². The van der Waals surface area contributed by atoms with E-state index in [9.17, 15) is 4.79 Å². The van der Waals surface area contributed by atoms with Gasteiger partial charge in [-0.15, -0.1) is 9.24 Å². The molecule has 0 aromatic rings. The van der Waals surface area contributed by atoms with Gasteiger partial charge in [-0.05, 0) is 6.82 Å². The van der Waals surface area contributed by atoms with Crippen LogP contribution in [0.5, 0.6) is 0 Å². The lowest BCUT2D eigenvalue weighted by atomic mass is 9.89. The van der Waals surface area contributed by atoms with Gasteiger partial charge in [0, 0.05) is 0 Å².